The van der Waals surface area contributed by atoms with E-state index in [1.807, 2.05) is 0 Å². The largest absolute Gasteiger partial charge is 0.338 e. The monoisotopic (exact) mass is 313 g/mol. The lowest BCUT2D eigenvalue weighted by Gasteiger charge is -2.35. The number of carbonyl (C=O) groups is 2. The maximum Gasteiger partial charge on any atom is 0.258 e. The summed E-state index contributed by atoms with van der Waals surface area (Å²) in [5.41, 5.74) is 5.43. The van der Waals surface area contributed by atoms with Crippen LogP contribution in [0.25, 0.3) is 0 Å². The molecule has 1 aliphatic heterocycles. The first kappa shape index (κ1) is 15.7. The normalized spacial score (nSPS) is 16.8. The van der Waals surface area contributed by atoms with E-state index in [1.165, 1.54) is 23.1 Å². The molecule has 2 amide bonds. The first-order valence-electron chi connectivity index (χ1n) is 6.69. The summed E-state index contributed by atoms with van der Waals surface area (Å²) in [5.74, 6) is -1.24. The number of benzene rings is 1. The van der Waals surface area contributed by atoms with Gasteiger partial charge in [0.2, 0.25) is 5.91 Å². The van der Waals surface area contributed by atoms with Crippen LogP contribution in [0.1, 0.15) is 17.3 Å². The minimum absolute atomic E-state index is 0.0917. The van der Waals surface area contributed by atoms with Crippen LogP contribution in [-0.4, -0.2) is 53.8 Å². The summed E-state index contributed by atoms with van der Waals surface area (Å²) in [5, 5.41) is 0.0917. The average molecular weight is 314 g/mol. The number of carbonyl (C=O) groups excluding carboxylic acids is 2. The lowest BCUT2D eigenvalue weighted by Crippen LogP contribution is -2.53. The molecule has 1 aromatic carbocycles. The van der Waals surface area contributed by atoms with E-state index in [2.05, 4.69) is 0 Å². The minimum atomic E-state index is -0.637. The zero-order valence-electron chi connectivity index (χ0n) is 11.7. The highest BCUT2D eigenvalue weighted by atomic mass is 35.5. The van der Waals surface area contributed by atoms with Gasteiger partial charge in [-0.2, -0.15) is 0 Å². The fraction of sp³-hybridized carbons (Fsp3) is 0.429. The van der Waals surface area contributed by atoms with E-state index in [-0.39, 0.29) is 16.5 Å². The average Bonchev–Trinajstić information content (AvgIpc) is 2.46. The fourth-order valence-electron chi connectivity index (χ4n) is 2.28. The van der Waals surface area contributed by atoms with Crippen LogP contribution in [0.15, 0.2) is 18.2 Å². The van der Waals surface area contributed by atoms with Crippen LogP contribution in [0.5, 0.6) is 0 Å². The van der Waals surface area contributed by atoms with Crippen LogP contribution in [0.4, 0.5) is 4.39 Å². The lowest BCUT2D eigenvalue weighted by atomic mass is 10.1. The van der Waals surface area contributed by atoms with Crippen LogP contribution < -0.4 is 5.73 Å². The van der Waals surface area contributed by atoms with Gasteiger partial charge in [-0.3, -0.25) is 9.59 Å². The Bertz CT molecular complexity index is 537. The van der Waals surface area contributed by atoms with Crippen molar-refractivity contribution in [3.8, 4) is 0 Å². The summed E-state index contributed by atoms with van der Waals surface area (Å²) in [6.07, 6.45) is 0. The van der Waals surface area contributed by atoms with Crippen molar-refractivity contribution >= 4 is 23.4 Å². The van der Waals surface area contributed by atoms with Gasteiger partial charge in [-0.05, 0) is 19.1 Å². The van der Waals surface area contributed by atoms with E-state index in [9.17, 15) is 14.0 Å². The van der Waals surface area contributed by atoms with Crippen LogP contribution in [-0.2, 0) is 4.79 Å². The number of nitrogens with zero attached hydrogens (tertiary/aromatic N) is 2. The van der Waals surface area contributed by atoms with Crippen molar-refractivity contribution in [3.63, 3.8) is 0 Å². The number of piperazine rings is 1. The summed E-state index contributed by atoms with van der Waals surface area (Å²) in [6, 6.07) is 3.57. The SMILES string of the molecule is C[C@@H](N)C(=O)N1CCN(C(=O)c2c(F)cccc2Cl)CC1. The lowest BCUT2D eigenvalue weighted by molar-refractivity contribution is -0.133. The number of rotatable bonds is 2. The highest BCUT2D eigenvalue weighted by molar-refractivity contribution is 6.33. The molecule has 0 spiro atoms. The maximum absolute atomic E-state index is 13.8. The highest BCUT2D eigenvalue weighted by Crippen LogP contribution is 2.21. The number of nitrogens with two attached hydrogens (primary N) is 1. The van der Waals surface area contributed by atoms with E-state index in [0.717, 1.165) is 0 Å². The Hall–Kier alpha value is -1.66. The van der Waals surface area contributed by atoms with Crippen molar-refractivity contribution in [1.82, 2.24) is 9.80 Å². The summed E-state index contributed by atoms with van der Waals surface area (Å²) in [4.78, 5) is 27.2. The van der Waals surface area contributed by atoms with Gasteiger partial charge in [0.15, 0.2) is 0 Å². The molecule has 0 bridgehead atoms. The first-order chi connectivity index (χ1) is 9.91. The molecule has 114 valence electrons. The summed E-state index contributed by atoms with van der Waals surface area (Å²) in [7, 11) is 0. The van der Waals surface area contributed by atoms with E-state index < -0.39 is 17.8 Å². The molecule has 0 radical (unpaired) electrons. The van der Waals surface area contributed by atoms with Crippen molar-refractivity contribution < 1.29 is 14.0 Å². The number of hydrogen-bond acceptors (Lipinski definition) is 3. The Kier molecular flexibility index (Phi) is 4.80. The molecule has 2 rings (SSSR count). The molecule has 1 atom stereocenters. The van der Waals surface area contributed by atoms with E-state index in [1.54, 1.807) is 11.8 Å². The molecule has 7 heteroatoms. The molecule has 0 aromatic heterocycles. The van der Waals surface area contributed by atoms with Crippen molar-refractivity contribution in [2.24, 2.45) is 5.73 Å². The molecule has 2 N–H and O–H groups in total. The molecule has 1 aliphatic rings. The van der Waals surface area contributed by atoms with Gasteiger partial charge in [0, 0.05) is 26.2 Å². The van der Waals surface area contributed by atoms with E-state index in [4.69, 9.17) is 17.3 Å². The molecule has 1 heterocycles. The van der Waals surface area contributed by atoms with Crippen LogP contribution in [0.3, 0.4) is 0 Å². The number of amides is 2. The zero-order valence-corrected chi connectivity index (χ0v) is 12.4. The summed E-state index contributed by atoms with van der Waals surface area (Å²) >= 11 is 5.90. The van der Waals surface area contributed by atoms with E-state index >= 15 is 0 Å². The van der Waals surface area contributed by atoms with Gasteiger partial charge in [0.05, 0.1) is 16.6 Å². The molecule has 1 fully saturated rings. The van der Waals surface area contributed by atoms with Crippen molar-refractivity contribution in [2.75, 3.05) is 26.2 Å². The molecule has 5 nitrogen and oxygen atoms in total. The molecule has 0 aliphatic carbocycles. The molecule has 0 saturated carbocycles. The Morgan fingerprint density at radius 3 is 2.33 bits per heavy atom. The van der Waals surface area contributed by atoms with Gasteiger partial charge < -0.3 is 15.5 Å². The second-order valence-corrected chi connectivity index (χ2v) is 5.41. The maximum atomic E-state index is 13.8. The third-order valence-electron chi connectivity index (χ3n) is 3.44. The topological polar surface area (TPSA) is 66.6 Å². The number of halogens is 2. The van der Waals surface area contributed by atoms with Crippen molar-refractivity contribution in [2.45, 2.75) is 13.0 Å². The Morgan fingerprint density at radius 1 is 1.24 bits per heavy atom. The second kappa shape index (κ2) is 6.41. The fourth-order valence-corrected chi connectivity index (χ4v) is 2.52. The summed E-state index contributed by atoms with van der Waals surface area (Å²) in [6.45, 7) is 3.07. The predicted octanol–water partition coefficient (Wildman–Crippen LogP) is 1.11. The van der Waals surface area contributed by atoms with Crippen LogP contribution in [0.2, 0.25) is 5.02 Å². The van der Waals surface area contributed by atoms with E-state index in [0.29, 0.717) is 26.2 Å². The molecular weight excluding hydrogens is 297 g/mol. The predicted molar refractivity (Wildman–Crippen MR) is 77.5 cm³/mol. The van der Waals surface area contributed by atoms with Gasteiger partial charge in [-0.15, -0.1) is 0 Å². The molecule has 1 saturated heterocycles. The Morgan fingerprint density at radius 2 is 1.81 bits per heavy atom. The quantitative estimate of drug-likeness (QED) is 0.889. The minimum Gasteiger partial charge on any atom is -0.338 e. The molecule has 1 aromatic rings. The highest BCUT2D eigenvalue weighted by Gasteiger charge is 2.28. The molecule has 21 heavy (non-hydrogen) atoms. The summed E-state index contributed by atoms with van der Waals surface area (Å²) < 4.78 is 13.8. The molecular formula is C14H17ClFN3O2. The third-order valence-corrected chi connectivity index (χ3v) is 3.76. The van der Waals surface area contributed by atoms with Gasteiger partial charge in [0.1, 0.15) is 5.82 Å². The number of hydrogen-bond donors (Lipinski definition) is 1. The van der Waals surface area contributed by atoms with Crippen molar-refractivity contribution in [1.29, 1.82) is 0 Å². The first-order valence-corrected chi connectivity index (χ1v) is 7.07. The third kappa shape index (κ3) is 3.33. The van der Waals surface area contributed by atoms with Crippen molar-refractivity contribution in [3.05, 3.63) is 34.6 Å². The van der Waals surface area contributed by atoms with Crippen LogP contribution >= 0.6 is 11.6 Å². The Labute approximate surface area is 127 Å². The zero-order chi connectivity index (χ0) is 15.6. The Balaban J connectivity index is 2.06. The second-order valence-electron chi connectivity index (χ2n) is 5.00. The smallest absolute Gasteiger partial charge is 0.258 e. The van der Waals surface area contributed by atoms with Gasteiger partial charge in [-0.1, -0.05) is 17.7 Å². The van der Waals surface area contributed by atoms with Gasteiger partial charge >= 0.3 is 0 Å². The van der Waals surface area contributed by atoms with Crippen LogP contribution in [0, 0.1) is 5.82 Å². The van der Waals surface area contributed by atoms with Gasteiger partial charge in [0.25, 0.3) is 5.91 Å². The van der Waals surface area contributed by atoms with Gasteiger partial charge in [-0.25, -0.2) is 4.39 Å². The standard InChI is InChI=1S/C14H17ClFN3O2/c1-9(17)13(20)18-5-7-19(8-6-18)14(21)12-10(15)3-2-4-11(12)16/h2-4,9H,5-8,17H2,1H3/t9-/m1/s1. The molecule has 0 unspecified atom stereocenters.